The molecule has 2 rings (SSSR count). The molecule has 23 heavy (non-hydrogen) atoms. The van der Waals surface area contributed by atoms with Crippen molar-refractivity contribution in [3.63, 3.8) is 0 Å². The van der Waals surface area contributed by atoms with E-state index in [1.165, 1.54) is 11.8 Å². The molecule has 2 aromatic rings. The first kappa shape index (κ1) is 17.7. The van der Waals surface area contributed by atoms with Crippen molar-refractivity contribution in [3.8, 4) is 0 Å². The number of ketones is 1. The highest BCUT2D eigenvalue weighted by molar-refractivity contribution is 8.23. The second kappa shape index (κ2) is 8.84. The van der Waals surface area contributed by atoms with Crippen LogP contribution in [0.2, 0.25) is 0 Å². The first-order valence-electron chi connectivity index (χ1n) is 7.66. The molecule has 0 saturated carbocycles. The molecule has 1 heterocycles. The zero-order valence-electron chi connectivity index (χ0n) is 13.4. The van der Waals surface area contributed by atoms with Gasteiger partial charge in [-0.2, -0.15) is 0 Å². The van der Waals surface area contributed by atoms with Crippen LogP contribution in [0, 0.1) is 0 Å². The Bertz CT molecular complexity index is 625. The maximum Gasteiger partial charge on any atom is 0.178 e. The van der Waals surface area contributed by atoms with Gasteiger partial charge in [0, 0.05) is 37.6 Å². The Hall–Kier alpha value is -1.66. The molecule has 0 fully saturated rings. The van der Waals surface area contributed by atoms with E-state index < -0.39 is 0 Å². The molecular formula is C17H21N3OS2. The minimum atomic E-state index is -0.264. The fourth-order valence-electron chi connectivity index (χ4n) is 2.23. The lowest BCUT2D eigenvalue weighted by atomic mass is 10.1. The monoisotopic (exact) mass is 347 g/mol. The van der Waals surface area contributed by atoms with Crippen molar-refractivity contribution in [1.82, 2.24) is 14.5 Å². The maximum absolute atomic E-state index is 12.9. The maximum atomic E-state index is 12.9. The molecule has 1 atom stereocenters. The Morgan fingerprint density at radius 2 is 2.00 bits per heavy atom. The Morgan fingerprint density at radius 3 is 2.57 bits per heavy atom. The van der Waals surface area contributed by atoms with Crippen molar-refractivity contribution in [3.05, 3.63) is 54.6 Å². The van der Waals surface area contributed by atoms with Gasteiger partial charge >= 0.3 is 0 Å². The highest BCUT2D eigenvalue weighted by atomic mass is 32.2. The van der Waals surface area contributed by atoms with Gasteiger partial charge in [-0.3, -0.25) is 4.79 Å². The molecule has 1 unspecified atom stereocenters. The lowest BCUT2D eigenvalue weighted by molar-refractivity contribution is 0.0984. The summed E-state index contributed by atoms with van der Waals surface area (Å²) in [5.74, 6) is 0.0961. The molecule has 0 aliphatic carbocycles. The van der Waals surface area contributed by atoms with Crippen molar-refractivity contribution in [2.24, 2.45) is 0 Å². The van der Waals surface area contributed by atoms with Gasteiger partial charge in [-0.25, -0.2) is 4.98 Å². The average Bonchev–Trinajstić information content (AvgIpc) is 3.08. The Morgan fingerprint density at radius 1 is 1.30 bits per heavy atom. The number of imidazole rings is 1. The van der Waals surface area contributed by atoms with Crippen LogP contribution in [0.1, 0.15) is 24.2 Å². The second-order valence-electron chi connectivity index (χ2n) is 5.03. The summed E-state index contributed by atoms with van der Waals surface area (Å²) in [5, 5.41) is -0.264. The molecule has 0 spiro atoms. The number of hydrogen-bond acceptors (Lipinski definition) is 4. The number of carbonyl (C=O) groups excluding carboxylic acids is 1. The molecule has 0 aliphatic heterocycles. The third-order valence-corrected chi connectivity index (χ3v) is 5.21. The minimum Gasteiger partial charge on any atom is -0.358 e. The fraction of sp³-hybridized carbons (Fsp3) is 0.353. The third kappa shape index (κ3) is 4.91. The molecule has 6 heteroatoms. The van der Waals surface area contributed by atoms with E-state index in [2.05, 4.69) is 23.7 Å². The Kier molecular flexibility index (Phi) is 6.80. The van der Waals surface area contributed by atoms with Gasteiger partial charge in [0.1, 0.15) is 4.32 Å². The standard InChI is InChI=1S/C17H21N3OS2/c1-3-20(4-2)17(22)23-15(12-19-11-10-18-13-19)16(21)14-8-6-5-7-9-14/h5-11,13,15H,3-4,12H2,1-2H3. The molecule has 0 amide bonds. The smallest absolute Gasteiger partial charge is 0.178 e. The van der Waals surface area contributed by atoms with E-state index in [4.69, 9.17) is 12.2 Å². The topological polar surface area (TPSA) is 38.1 Å². The number of aromatic nitrogens is 2. The molecule has 1 aromatic carbocycles. The molecule has 0 saturated heterocycles. The van der Waals surface area contributed by atoms with Crippen LogP contribution in [0.3, 0.4) is 0 Å². The van der Waals surface area contributed by atoms with Crippen molar-refractivity contribution in [2.75, 3.05) is 13.1 Å². The normalized spacial score (nSPS) is 11.9. The fourth-order valence-corrected chi connectivity index (χ4v) is 3.97. The zero-order chi connectivity index (χ0) is 16.7. The molecule has 0 bridgehead atoms. The van der Waals surface area contributed by atoms with Crippen LogP contribution in [-0.4, -0.2) is 42.9 Å². The van der Waals surface area contributed by atoms with Gasteiger partial charge in [-0.15, -0.1) is 0 Å². The lowest BCUT2D eigenvalue weighted by Gasteiger charge is -2.24. The SMILES string of the molecule is CCN(CC)C(=S)SC(Cn1ccnc1)C(=O)c1ccccc1. The summed E-state index contributed by atoms with van der Waals surface area (Å²) in [6.07, 6.45) is 5.32. The highest BCUT2D eigenvalue weighted by Gasteiger charge is 2.24. The predicted molar refractivity (Wildman–Crippen MR) is 99.9 cm³/mol. The third-order valence-electron chi connectivity index (χ3n) is 3.55. The molecule has 122 valence electrons. The number of hydrogen-bond donors (Lipinski definition) is 0. The van der Waals surface area contributed by atoms with E-state index in [-0.39, 0.29) is 11.0 Å². The lowest BCUT2D eigenvalue weighted by Crippen LogP contribution is -2.32. The summed E-state index contributed by atoms with van der Waals surface area (Å²) < 4.78 is 2.69. The molecule has 0 aliphatic rings. The van der Waals surface area contributed by atoms with Crippen molar-refractivity contribution < 1.29 is 4.79 Å². The van der Waals surface area contributed by atoms with Crippen LogP contribution in [0.4, 0.5) is 0 Å². The number of Topliss-reactive ketones (excluding diaryl/α,β-unsaturated/α-hetero) is 1. The number of nitrogens with zero attached hydrogens (tertiary/aromatic N) is 3. The van der Waals surface area contributed by atoms with E-state index in [1.54, 1.807) is 12.5 Å². The predicted octanol–water partition coefficient (Wildman–Crippen LogP) is 3.49. The van der Waals surface area contributed by atoms with Gasteiger partial charge in [-0.05, 0) is 13.8 Å². The highest BCUT2D eigenvalue weighted by Crippen LogP contribution is 2.22. The number of thiocarbonyl (C=S) groups is 1. The van der Waals surface area contributed by atoms with Gasteiger partial charge in [0.25, 0.3) is 0 Å². The van der Waals surface area contributed by atoms with E-state index in [1.807, 2.05) is 41.1 Å². The summed E-state index contributed by atoms with van der Waals surface area (Å²) in [6, 6.07) is 9.38. The van der Waals surface area contributed by atoms with Gasteiger partial charge in [0.2, 0.25) is 0 Å². The van der Waals surface area contributed by atoms with Gasteiger partial charge in [0.15, 0.2) is 5.78 Å². The van der Waals surface area contributed by atoms with Crippen molar-refractivity contribution >= 4 is 34.1 Å². The van der Waals surface area contributed by atoms with Crippen LogP contribution in [0.15, 0.2) is 49.1 Å². The van der Waals surface area contributed by atoms with Crippen LogP contribution in [-0.2, 0) is 6.54 Å². The van der Waals surface area contributed by atoms with Crippen LogP contribution >= 0.6 is 24.0 Å². The van der Waals surface area contributed by atoms with Crippen LogP contribution < -0.4 is 0 Å². The number of thioether (sulfide) groups is 1. The first-order valence-corrected chi connectivity index (χ1v) is 8.95. The number of carbonyl (C=O) groups is 1. The van der Waals surface area contributed by atoms with Crippen LogP contribution in [0.5, 0.6) is 0 Å². The quantitative estimate of drug-likeness (QED) is 0.566. The molecule has 4 nitrogen and oxygen atoms in total. The molecule has 0 N–H and O–H groups in total. The summed E-state index contributed by atoms with van der Waals surface area (Å²) in [4.78, 5) is 19.0. The molecular weight excluding hydrogens is 326 g/mol. The van der Waals surface area contributed by atoms with Gasteiger partial charge < -0.3 is 9.47 Å². The minimum absolute atomic E-state index is 0.0961. The van der Waals surface area contributed by atoms with Crippen molar-refractivity contribution in [1.29, 1.82) is 0 Å². The van der Waals surface area contributed by atoms with E-state index in [0.29, 0.717) is 12.1 Å². The molecule has 0 radical (unpaired) electrons. The first-order chi connectivity index (χ1) is 11.2. The van der Waals surface area contributed by atoms with Crippen molar-refractivity contribution in [2.45, 2.75) is 25.6 Å². The summed E-state index contributed by atoms with van der Waals surface area (Å²) >= 11 is 6.99. The second-order valence-corrected chi connectivity index (χ2v) is 6.87. The number of benzene rings is 1. The summed E-state index contributed by atoms with van der Waals surface area (Å²) in [5.41, 5.74) is 0.715. The Balaban J connectivity index is 2.18. The van der Waals surface area contributed by atoms with Gasteiger partial charge in [0.05, 0.1) is 11.6 Å². The van der Waals surface area contributed by atoms with E-state index >= 15 is 0 Å². The van der Waals surface area contributed by atoms with Gasteiger partial charge in [-0.1, -0.05) is 54.3 Å². The molecule has 1 aromatic heterocycles. The summed E-state index contributed by atoms with van der Waals surface area (Å²) in [6.45, 7) is 6.39. The zero-order valence-corrected chi connectivity index (χ0v) is 15.0. The average molecular weight is 348 g/mol. The van der Waals surface area contributed by atoms with Crippen LogP contribution in [0.25, 0.3) is 0 Å². The van der Waals surface area contributed by atoms with E-state index in [0.717, 1.165) is 17.4 Å². The van der Waals surface area contributed by atoms with E-state index in [9.17, 15) is 4.79 Å². The largest absolute Gasteiger partial charge is 0.358 e. The Labute approximate surface area is 146 Å². The summed E-state index contributed by atoms with van der Waals surface area (Å²) in [7, 11) is 0. The number of rotatable bonds is 7.